The second-order valence-corrected chi connectivity index (χ2v) is 8.01. The zero-order chi connectivity index (χ0) is 20.7. The zero-order valence-electron chi connectivity index (χ0n) is 16.5. The molecule has 3 heterocycles. The Labute approximate surface area is 168 Å². The maximum absolute atomic E-state index is 13.6. The molecule has 0 saturated carbocycles. The fraction of sp³-hybridized carbons (Fsp3) is 0.409. The van der Waals surface area contributed by atoms with E-state index in [0.29, 0.717) is 18.7 Å². The van der Waals surface area contributed by atoms with Gasteiger partial charge in [0.05, 0.1) is 0 Å². The largest absolute Gasteiger partial charge is 0.350 e. The highest BCUT2D eigenvalue weighted by molar-refractivity contribution is 5.81. The van der Waals surface area contributed by atoms with Gasteiger partial charge in [-0.25, -0.2) is 4.39 Å². The number of aromatic nitrogens is 1. The lowest BCUT2D eigenvalue weighted by Gasteiger charge is -2.46. The number of nitrogens with zero attached hydrogens (tertiary/aromatic N) is 2. The molecule has 6 nitrogen and oxygen atoms in total. The van der Waals surface area contributed by atoms with Crippen LogP contribution in [-0.2, 0) is 16.1 Å². The molecule has 0 radical (unpaired) electrons. The summed E-state index contributed by atoms with van der Waals surface area (Å²) in [6.07, 6.45) is 0.754. The SMILES string of the molecule is CC(=O)N1C[C@H]2C[C@@H](C1)[C@H](C(=O)NCc1cc(F)ccc1C)n1c2cccc1=O. The van der Waals surface area contributed by atoms with Crippen LogP contribution in [0.25, 0.3) is 0 Å². The van der Waals surface area contributed by atoms with Gasteiger partial charge in [-0.05, 0) is 42.7 Å². The fourth-order valence-corrected chi connectivity index (χ4v) is 4.65. The first kappa shape index (κ1) is 19.4. The summed E-state index contributed by atoms with van der Waals surface area (Å²) >= 11 is 0. The topological polar surface area (TPSA) is 71.4 Å². The summed E-state index contributed by atoms with van der Waals surface area (Å²) in [6, 6.07) is 8.81. The molecule has 7 heteroatoms. The van der Waals surface area contributed by atoms with E-state index in [9.17, 15) is 18.8 Å². The molecule has 0 spiro atoms. The lowest BCUT2D eigenvalue weighted by molar-refractivity contribution is -0.135. The van der Waals surface area contributed by atoms with Gasteiger partial charge in [-0.2, -0.15) is 0 Å². The van der Waals surface area contributed by atoms with Gasteiger partial charge in [-0.15, -0.1) is 0 Å². The van der Waals surface area contributed by atoms with Crippen molar-refractivity contribution in [3.05, 3.63) is 69.4 Å². The zero-order valence-corrected chi connectivity index (χ0v) is 16.5. The van der Waals surface area contributed by atoms with Crippen molar-refractivity contribution in [1.29, 1.82) is 0 Å². The van der Waals surface area contributed by atoms with E-state index < -0.39 is 6.04 Å². The van der Waals surface area contributed by atoms with Crippen molar-refractivity contribution in [1.82, 2.24) is 14.8 Å². The first-order valence-corrected chi connectivity index (χ1v) is 9.85. The molecule has 2 aromatic rings. The molecule has 152 valence electrons. The molecule has 1 saturated heterocycles. The number of fused-ring (bicyclic) bond motifs is 4. The molecule has 2 aliphatic heterocycles. The van der Waals surface area contributed by atoms with Gasteiger partial charge in [-0.3, -0.25) is 19.0 Å². The van der Waals surface area contributed by atoms with Crippen LogP contribution in [0.5, 0.6) is 0 Å². The van der Waals surface area contributed by atoms with Crippen molar-refractivity contribution in [2.24, 2.45) is 5.92 Å². The van der Waals surface area contributed by atoms with Gasteiger partial charge in [0.2, 0.25) is 11.8 Å². The average molecular weight is 397 g/mol. The minimum atomic E-state index is -0.689. The Hall–Kier alpha value is -2.96. The van der Waals surface area contributed by atoms with E-state index in [0.717, 1.165) is 17.7 Å². The predicted molar refractivity (Wildman–Crippen MR) is 106 cm³/mol. The minimum Gasteiger partial charge on any atom is -0.350 e. The van der Waals surface area contributed by atoms with Crippen LogP contribution in [0, 0.1) is 18.7 Å². The van der Waals surface area contributed by atoms with E-state index in [1.54, 1.807) is 21.6 Å². The third kappa shape index (κ3) is 3.57. The van der Waals surface area contributed by atoms with E-state index in [4.69, 9.17) is 0 Å². The Bertz CT molecular complexity index is 1030. The van der Waals surface area contributed by atoms with Gasteiger partial charge >= 0.3 is 0 Å². The molecule has 2 bridgehead atoms. The highest BCUT2D eigenvalue weighted by atomic mass is 19.1. The number of hydrogen-bond donors (Lipinski definition) is 1. The Morgan fingerprint density at radius 3 is 2.76 bits per heavy atom. The molecule has 1 aromatic carbocycles. The molecular weight excluding hydrogens is 373 g/mol. The van der Waals surface area contributed by atoms with E-state index in [1.165, 1.54) is 25.1 Å². The Kier molecular flexibility index (Phi) is 4.98. The normalized spacial score (nSPS) is 22.7. The summed E-state index contributed by atoms with van der Waals surface area (Å²) in [5, 5.41) is 2.88. The molecule has 0 aliphatic carbocycles. The van der Waals surface area contributed by atoms with Crippen molar-refractivity contribution in [3.8, 4) is 0 Å². The number of amides is 2. The molecule has 3 atom stereocenters. The minimum absolute atomic E-state index is 0.0269. The van der Waals surface area contributed by atoms with E-state index in [2.05, 4.69) is 5.32 Å². The Morgan fingerprint density at radius 2 is 2.00 bits per heavy atom. The molecule has 1 fully saturated rings. The number of likely N-dealkylation sites (tertiary alicyclic amines) is 1. The molecule has 0 unspecified atom stereocenters. The van der Waals surface area contributed by atoms with Crippen molar-refractivity contribution in [2.45, 2.75) is 38.8 Å². The van der Waals surface area contributed by atoms with Crippen LogP contribution < -0.4 is 10.9 Å². The summed E-state index contributed by atoms with van der Waals surface area (Å²) in [4.78, 5) is 39.6. The molecule has 1 N–H and O–H groups in total. The summed E-state index contributed by atoms with van der Waals surface area (Å²) in [6.45, 7) is 4.58. The number of hydrogen-bond acceptors (Lipinski definition) is 3. The highest BCUT2D eigenvalue weighted by Gasteiger charge is 2.44. The highest BCUT2D eigenvalue weighted by Crippen LogP contribution is 2.41. The van der Waals surface area contributed by atoms with Crippen LogP contribution in [0.15, 0.2) is 41.2 Å². The average Bonchev–Trinajstić information content (AvgIpc) is 2.69. The van der Waals surface area contributed by atoms with Gasteiger partial charge < -0.3 is 10.2 Å². The third-order valence-corrected chi connectivity index (χ3v) is 6.13. The number of piperidine rings is 1. The van der Waals surface area contributed by atoms with E-state index in [1.807, 2.05) is 13.0 Å². The van der Waals surface area contributed by atoms with Crippen molar-refractivity contribution < 1.29 is 14.0 Å². The van der Waals surface area contributed by atoms with E-state index >= 15 is 0 Å². The first-order chi connectivity index (χ1) is 13.8. The third-order valence-electron chi connectivity index (χ3n) is 6.13. The van der Waals surface area contributed by atoms with Crippen LogP contribution >= 0.6 is 0 Å². The molecule has 29 heavy (non-hydrogen) atoms. The summed E-state index contributed by atoms with van der Waals surface area (Å²) in [5.74, 6) is -0.760. The summed E-state index contributed by atoms with van der Waals surface area (Å²) < 4.78 is 15.2. The standard InChI is InChI=1S/C22H24FN3O3/c1-13-6-7-18(23)9-15(13)10-24-22(29)21-17-8-16(11-25(12-17)14(2)27)19-4-3-5-20(28)26(19)21/h3-7,9,16-17,21H,8,10-12H2,1-2H3,(H,24,29)/t16-,17+,21-/m1/s1. The van der Waals surface area contributed by atoms with Gasteiger partial charge in [0.1, 0.15) is 11.9 Å². The molecular formula is C22H24FN3O3. The maximum Gasteiger partial charge on any atom is 0.251 e. The van der Waals surface area contributed by atoms with Gasteiger partial charge in [0.25, 0.3) is 5.56 Å². The number of halogens is 1. The number of nitrogens with one attached hydrogen (secondary N) is 1. The lowest BCUT2D eigenvalue weighted by Crippen LogP contribution is -2.54. The number of carbonyl (C=O) groups is 2. The second-order valence-electron chi connectivity index (χ2n) is 8.01. The number of pyridine rings is 1. The quantitative estimate of drug-likeness (QED) is 0.863. The van der Waals surface area contributed by atoms with Crippen LogP contribution in [0.2, 0.25) is 0 Å². The van der Waals surface area contributed by atoms with Gasteiger partial charge in [0, 0.05) is 50.2 Å². The lowest BCUT2D eigenvalue weighted by atomic mass is 9.78. The summed E-state index contributed by atoms with van der Waals surface area (Å²) in [7, 11) is 0. The van der Waals surface area contributed by atoms with Gasteiger partial charge in [0.15, 0.2) is 0 Å². The molecule has 4 rings (SSSR count). The van der Waals surface area contributed by atoms with Crippen LogP contribution in [0.4, 0.5) is 4.39 Å². The van der Waals surface area contributed by atoms with Crippen molar-refractivity contribution in [2.75, 3.05) is 13.1 Å². The molecule has 2 amide bonds. The predicted octanol–water partition coefficient (Wildman–Crippen LogP) is 2.12. The number of benzene rings is 1. The van der Waals surface area contributed by atoms with Crippen LogP contribution in [-0.4, -0.2) is 34.4 Å². The smallest absolute Gasteiger partial charge is 0.251 e. The first-order valence-electron chi connectivity index (χ1n) is 9.85. The van der Waals surface area contributed by atoms with Crippen molar-refractivity contribution in [3.63, 3.8) is 0 Å². The fourth-order valence-electron chi connectivity index (χ4n) is 4.65. The number of carbonyl (C=O) groups excluding carboxylic acids is 2. The molecule has 1 aromatic heterocycles. The monoisotopic (exact) mass is 397 g/mol. The van der Waals surface area contributed by atoms with Crippen molar-refractivity contribution >= 4 is 11.8 Å². The number of rotatable bonds is 3. The summed E-state index contributed by atoms with van der Waals surface area (Å²) in [5.41, 5.74) is 2.16. The van der Waals surface area contributed by atoms with Crippen LogP contribution in [0.3, 0.4) is 0 Å². The number of aryl methyl sites for hydroxylation is 1. The Morgan fingerprint density at radius 1 is 1.21 bits per heavy atom. The maximum atomic E-state index is 13.6. The molecule has 2 aliphatic rings. The Balaban J connectivity index is 1.65. The van der Waals surface area contributed by atoms with Gasteiger partial charge in [-0.1, -0.05) is 12.1 Å². The second kappa shape index (κ2) is 7.46. The van der Waals surface area contributed by atoms with Crippen LogP contribution in [0.1, 0.15) is 42.1 Å². The van der Waals surface area contributed by atoms with E-state index in [-0.39, 0.29) is 41.6 Å².